The molecule has 21 heavy (non-hydrogen) atoms. The van der Waals surface area contributed by atoms with Crippen molar-refractivity contribution in [3.63, 3.8) is 0 Å². The van der Waals surface area contributed by atoms with Gasteiger partial charge in [-0.15, -0.1) is 0 Å². The predicted octanol–water partition coefficient (Wildman–Crippen LogP) is 2.66. The third-order valence-corrected chi connectivity index (χ3v) is 4.20. The van der Waals surface area contributed by atoms with E-state index in [0.717, 1.165) is 61.7 Å². The van der Waals surface area contributed by atoms with Gasteiger partial charge in [-0.3, -0.25) is 0 Å². The number of aromatic nitrogens is 2. The first-order valence-corrected chi connectivity index (χ1v) is 7.98. The lowest BCUT2D eigenvalue weighted by Gasteiger charge is -2.30. The number of likely N-dealkylation sites (N-methyl/N-ethyl adjacent to an activating group) is 1. The largest absolute Gasteiger partial charge is 0.388 e. The maximum Gasteiger partial charge on any atom is 0.137 e. The highest BCUT2D eigenvalue weighted by Crippen LogP contribution is 2.32. The summed E-state index contributed by atoms with van der Waals surface area (Å²) in [6, 6.07) is 0. The van der Waals surface area contributed by atoms with Crippen LogP contribution < -0.4 is 10.2 Å². The molecule has 0 radical (unpaired) electrons. The van der Waals surface area contributed by atoms with E-state index in [-0.39, 0.29) is 0 Å². The molecule has 0 spiro atoms. The fourth-order valence-corrected chi connectivity index (χ4v) is 3.11. The highest BCUT2D eigenvalue weighted by atomic mass is 16.3. The minimum absolute atomic E-state index is 0.558. The molecule has 0 bridgehead atoms. The van der Waals surface area contributed by atoms with Crippen molar-refractivity contribution in [3.8, 4) is 0 Å². The zero-order chi connectivity index (χ0) is 15.5. The number of rotatable bonds is 6. The number of hydrogen-bond donors (Lipinski definition) is 2. The van der Waals surface area contributed by atoms with E-state index in [1.165, 1.54) is 0 Å². The Morgan fingerprint density at radius 3 is 2.52 bits per heavy atom. The Balaban J connectivity index is 2.19. The van der Waals surface area contributed by atoms with Crippen molar-refractivity contribution in [2.24, 2.45) is 0 Å². The maximum atomic E-state index is 10.6. The third-order valence-electron chi connectivity index (χ3n) is 4.20. The average Bonchev–Trinajstić information content (AvgIpc) is 2.85. The molecule has 0 atom stereocenters. The van der Waals surface area contributed by atoms with E-state index in [1.807, 2.05) is 20.9 Å². The van der Waals surface area contributed by atoms with Crippen molar-refractivity contribution < 1.29 is 5.11 Å². The minimum atomic E-state index is -0.558. The monoisotopic (exact) mass is 292 g/mol. The second kappa shape index (κ2) is 6.60. The SMILES string of the molecule is CCCNc1nc(C)nc(N(C)CC2(O)CCCC2)c1C. The zero-order valence-corrected chi connectivity index (χ0v) is 13.7. The molecule has 2 N–H and O–H groups in total. The Hall–Kier alpha value is -1.36. The van der Waals surface area contributed by atoms with Crippen LogP contribution in [-0.4, -0.2) is 40.8 Å². The van der Waals surface area contributed by atoms with E-state index in [1.54, 1.807) is 0 Å². The summed E-state index contributed by atoms with van der Waals surface area (Å²) in [5.74, 6) is 2.59. The van der Waals surface area contributed by atoms with Crippen molar-refractivity contribution in [2.45, 2.75) is 58.5 Å². The molecular formula is C16H28N4O. The molecule has 2 rings (SSSR count). The summed E-state index contributed by atoms with van der Waals surface area (Å²) < 4.78 is 0. The summed E-state index contributed by atoms with van der Waals surface area (Å²) in [5, 5.41) is 14.0. The van der Waals surface area contributed by atoms with E-state index in [4.69, 9.17) is 0 Å². The molecule has 118 valence electrons. The van der Waals surface area contributed by atoms with Crippen molar-refractivity contribution in [3.05, 3.63) is 11.4 Å². The number of anilines is 2. The van der Waals surface area contributed by atoms with Gasteiger partial charge in [0.2, 0.25) is 0 Å². The van der Waals surface area contributed by atoms with Gasteiger partial charge in [0.15, 0.2) is 0 Å². The molecule has 1 fully saturated rings. The number of aryl methyl sites for hydroxylation is 1. The summed E-state index contributed by atoms with van der Waals surface area (Å²) in [6.45, 7) is 7.64. The van der Waals surface area contributed by atoms with Crippen LogP contribution in [0.15, 0.2) is 0 Å². The molecule has 5 heteroatoms. The Bertz CT molecular complexity index is 483. The number of aliphatic hydroxyl groups is 1. The van der Waals surface area contributed by atoms with Crippen LogP contribution in [0.5, 0.6) is 0 Å². The standard InChI is InChI=1S/C16H28N4O/c1-5-10-17-14-12(2)15(19-13(3)18-14)20(4)11-16(21)8-6-7-9-16/h21H,5-11H2,1-4H3,(H,17,18,19). The molecular weight excluding hydrogens is 264 g/mol. The lowest BCUT2D eigenvalue weighted by molar-refractivity contribution is 0.0557. The van der Waals surface area contributed by atoms with E-state index in [2.05, 4.69) is 27.1 Å². The average molecular weight is 292 g/mol. The molecule has 1 aromatic heterocycles. The summed E-state index contributed by atoms with van der Waals surface area (Å²) >= 11 is 0. The van der Waals surface area contributed by atoms with E-state index >= 15 is 0 Å². The highest BCUT2D eigenvalue weighted by Gasteiger charge is 2.33. The van der Waals surface area contributed by atoms with Crippen LogP contribution in [0.4, 0.5) is 11.6 Å². The van der Waals surface area contributed by atoms with Crippen molar-refractivity contribution in [1.82, 2.24) is 9.97 Å². The van der Waals surface area contributed by atoms with E-state index in [9.17, 15) is 5.11 Å². The molecule has 1 aliphatic carbocycles. The first-order valence-electron chi connectivity index (χ1n) is 7.98. The highest BCUT2D eigenvalue weighted by molar-refractivity contribution is 5.58. The van der Waals surface area contributed by atoms with Crippen LogP contribution in [0.3, 0.4) is 0 Å². The van der Waals surface area contributed by atoms with Gasteiger partial charge >= 0.3 is 0 Å². The van der Waals surface area contributed by atoms with Crippen LogP contribution in [0, 0.1) is 13.8 Å². The van der Waals surface area contributed by atoms with Gasteiger partial charge in [-0.1, -0.05) is 19.8 Å². The maximum absolute atomic E-state index is 10.6. The Morgan fingerprint density at radius 1 is 1.24 bits per heavy atom. The molecule has 1 aliphatic rings. The molecule has 1 heterocycles. The van der Waals surface area contributed by atoms with Crippen LogP contribution >= 0.6 is 0 Å². The van der Waals surface area contributed by atoms with Gasteiger partial charge in [0.05, 0.1) is 5.60 Å². The summed E-state index contributed by atoms with van der Waals surface area (Å²) in [5.41, 5.74) is 0.495. The summed E-state index contributed by atoms with van der Waals surface area (Å²) in [4.78, 5) is 11.1. The summed E-state index contributed by atoms with van der Waals surface area (Å²) in [6.07, 6.45) is 5.08. The van der Waals surface area contributed by atoms with Crippen molar-refractivity contribution >= 4 is 11.6 Å². The van der Waals surface area contributed by atoms with E-state index in [0.29, 0.717) is 6.54 Å². The van der Waals surface area contributed by atoms with Crippen molar-refractivity contribution in [2.75, 3.05) is 30.4 Å². The molecule has 1 aromatic rings. The minimum Gasteiger partial charge on any atom is -0.388 e. The normalized spacial score (nSPS) is 17.0. The topological polar surface area (TPSA) is 61.3 Å². The van der Waals surface area contributed by atoms with Gasteiger partial charge in [0.25, 0.3) is 0 Å². The van der Waals surface area contributed by atoms with Crippen LogP contribution in [0.25, 0.3) is 0 Å². The van der Waals surface area contributed by atoms with Gasteiger partial charge in [-0.25, -0.2) is 9.97 Å². The van der Waals surface area contributed by atoms with Gasteiger partial charge in [0, 0.05) is 25.7 Å². The quantitative estimate of drug-likeness (QED) is 0.844. The number of nitrogens with one attached hydrogen (secondary N) is 1. The lowest BCUT2D eigenvalue weighted by Crippen LogP contribution is -2.40. The van der Waals surface area contributed by atoms with Crippen molar-refractivity contribution in [1.29, 1.82) is 0 Å². The van der Waals surface area contributed by atoms with E-state index < -0.39 is 5.60 Å². The smallest absolute Gasteiger partial charge is 0.137 e. The Kier molecular flexibility index (Phi) is 5.04. The summed E-state index contributed by atoms with van der Waals surface area (Å²) in [7, 11) is 2.01. The van der Waals surface area contributed by atoms with Gasteiger partial charge in [0.1, 0.15) is 17.5 Å². The second-order valence-corrected chi connectivity index (χ2v) is 6.28. The van der Waals surface area contributed by atoms with Crippen LogP contribution in [0.1, 0.15) is 50.4 Å². The first kappa shape index (κ1) is 16.0. The molecule has 0 aliphatic heterocycles. The van der Waals surface area contributed by atoms with Gasteiger partial charge in [-0.2, -0.15) is 0 Å². The number of nitrogens with zero attached hydrogens (tertiary/aromatic N) is 3. The Morgan fingerprint density at radius 2 is 1.90 bits per heavy atom. The molecule has 0 unspecified atom stereocenters. The fourth-order valence-electron chi connectivity index (χ4n) is 3.11. The second-order valence-electron chi connectivity index (χ2n) is 6.28. The number of hydrogen-bond acceptors (Lipinski definition) is 5. The predicted molar refractivity (Wildman–Crippen MR) is 87.0 cm³/mol. The fraction of sp³-hybridized carbons (Fsp3) is 0.750. The van der Waals surface area contributed by atoms with Gasteiger partial charge in [-0.05, 0) is 33.1 Å². The lowest BCUT2D eigenvalue weighted by atomic mass is 10.0. The molecule has 5 nitrogen and oxygen atoms in total. The zero-order valence-electron chi connectivity index (χ0n) is 13.7. The molecule has 1 saturated carbocycles. The Labute approximate surface area is 127 Å². The van der Waals surface area contributed by atoms with Crippen LogP contribution in [-0.2, 0) is 0 Å². The molecule has 0 saturated heterocycles. The van der Waals surface area contributed by atoms with Gasteiger partial charge < -0.3 is 15.3 Å². The molecule has 0 amide bonds. The first-order chi connectivity index (χ1) is 9.95. The third kappa shape index (κ3) is 3.84. The van der Waals surface area contributed by atoms with Crippen LogP contribution in [0.2, 0.25) is 0 Å². The molecule has 0 aromatic carbocycles.